The number of primary amides is 1. The highest BCUT2D eigenvalue weighted by Crippen LogP contribution is 2.30. The number of aryl methyl sites for hydroxylation is 2. The van der Waals surface area contributed by atoms with Gasteiger partial charge in [0.15, 0.2) is 0 Å². The Labute approximate surface area is 120 Å². The summed E-state index contributed by atoms with van der Waals surface area (Å²) >= 11 is 0. The van der Waals surface area contributed by atoms with Gasteiger partial charge < -0.3 is 16.0 Å². The first-order valence-corrected chi connectivity index (χ1v) is 7.31. The monoisotopic (exact) mass is 279 g/mol. The molecule has 0 spiro atoms. The molecule has 1 aliphatic rings. The van der Waals surface area contributed by atoms with Crippen LogP contribution >= 0.6 is 0 Å². The number of amides is 1. The van der Waals surface area contributed by atoms with Gasteiger partial charge in [0, 0.05) is 19.6 Å². The second-order valence-electron chi connectivity index (χ2n) is 5.51. The standard InChI is InChI=1S/C14H25N5O/c1-10-12(13(15)20)14(18(3)17-10)19-9-5-4-6-11(19)7-8-16-2/h11,16H,4-9H2,1-3H3,(H2,15,20). The summed E-state index contributed by atoms with van der Waals surface area (Å²) in [7, 11) is 3.86. The molecule has 0 bridgehead atoms. The highest BCUT2D eigenvalue weighted by atomic mass is 16.1. The van der Waals surface area contributed by atoms with Gasteiger partial charge in [-0.25, -0.2) is 0 Å². The van der Waals surface area contributed by atoms with Gasteiger partial charge in [-0.1, -0.05) is 0 Å². The van der Waals surface area contributed by atoms with Crippen LogP contribution in [0.4, 0.5) is 5.82 Å². The normalized spacial score (nSPS) is 19.4. The minimum absolute atomic E-state index is 0.386. The lowest BCUT2D eigenvalue weighted by Gasteiger charge is -2.37. The number of nitrogens with one attached hydrogen (secondary N) is 1. The lowest BCUT2D eigenvalue weighted by molar-refractivity contribution is 0.1000. The molecule has 1 aromatic rings. The van der Waals surface area contributed by atoms with Gasteiger partial charge >= 0.3 is 0 Å². The number of piperidine rings is 1. The van der Waals surface area contributed by atoms with Crippen molar-refractivity contribution in [1.82, 2.24) is 15.1 Å². The lowest BCUT2D eigenvalue weighted by atomic mass is 9.98. The van der Waals surface area contributed by atoms with E-state index in [1.54, 1.807) is 4.68 Å². The van der Waals surface area contributed by atoms with E-state index in [1.807, 2.05) is 21.0 Å². The van der Waals surface area contributed by atoms with E-state index in [2.05, 4.69) is 15.3 Å². The second-order valence-corrected chi connectivity index (χ2v) is 5.51. The molecule has 6 heteroatoms. The van der Waals surface area contributed by atoms with Crippen molar-refractivity contribution in [1.29, 1.82) is 0 Å². The summed E-state index contributed by atoms with van der Waals surface area (Å²) < 4.78 is 1.80. The van der Waals surface area contributed by atoms with E-state index in [9.17, 15) is 4.79 Å². The van der Waals surface area contributed by atoms with Crippen LogP contribution < -0.4 is 16.0 Å². The predicted molar refractivity (Wildman–Crippen MR) is 80.0 cm³/mol. The third-order valence-corrected chi connectivity index (χ3v) is 4.07. The molecule has 1 aliphatic heterocycles. The molecule has 0 aromatic carbocycles. The molecule has 0 radical (unpaired) electrons. The highest BCUT2D eigenvalue weighted by Gasteiger charge is 2.29. The number of nitrogens with zero attached hydrogens (tertiary/aromatic N) is 3. The van der Waals surface area contributed by atoms with Gasteiger partial charge in [0.1, 0.15) is 11.4 Å². The third kappa shape index (κ3) is 2.80. The molecule has 1 atom stereocenters. The quantitative estimate of drug-likeness (QED) is 0.836. The van der Waals surface area contributed by atoms with Crippen molar-refractivity contribution < 1.29 is 4.79 Å². The second kappa shape index (κ2) is 6.26. The summed E-state index contributed by atoms with van der Waals surface area (Å²) in [6, 6.07) is 0.448. The molecule has 20 heavy (non-hydrogen) atoms. The molecule has 1 fully saturated rings. The van der Waals surface area contributed by atoms with Crippen LogP contribution in [0.15, 0.2) is 0 Å². The summed E-state index contributed by atoms with van der Waals surface area (Å²) in [6.45, 7) is 3.79. The molecule has 1 amide bonds. The van der Waals surface area contributed by atoms with Gasteiger partial charge in [-0.2, -0.15) is 5.10 Å². The maximum Gasteiger partial charge on any atom is 0.254 e. The van der Waals surface area contributed by atoms with Crippen molar-refractivity contribution in [3.63, 3.8) is 0 Å². The zero-order valence-electron chi connectivity index (χ0n) is 12.6. The molecule has 6 nitrogen and oxygen atoms in total. The third-order valence-electron chi connectivity index (χ3n) is 4.07. The fourth-order valence-corrected chi connectivity index (χ4v) is 3.15. The van der Waals surface area contributed by atoms with E-state index in [4.69, 9.17) is 5.73 Å². The molecule has 2 heterocycles. The van der Waals surface area contributed by atoms with Crippen molar-refractivity contribution in [3.8, 4) is 0 Å². The number of hydrogen-bond donors (Lipinski definition) is 2. The van der Waals surface area contributed by atoms with Gasteiger partial charge in [0.2, 0.25) is 0 Å². The molecule has 2 rings (SSSR count). The first-order chi connectivity index (χ1) is 9.56. The fourth-order valence-electron chi connectivity index (χ4n) is 3.15. The van der Waals surface area contributed by atoms with Crippen LogP contribution in [0.2, 0.25) is 0 Å². The number of carbonyl (C=O) groups is 1. The van der Waals surface area contributed by atoms with Crippen LogP contribution in [-0.2, 0) is 7.05 Å². The van der Waals surface area contributed by atoms with E-state index in [-0.39, 0.29) is 5.91 Å². The first kappa shape index (κ1) is 14.8. The van der Waals surface area contributed by atoms with Crippen molar-refractivity contribution in [2.45, 2.75) is 38.6 Å². The van der Waals surface area contributed by atoms with Crippen LogP contribution in [0.3, 0.4) is 0 Å². The Balaban J connectivity index is 2.34. The smallest absolute Gasteiger partial charge is 0.254 e. The summed E-state index contributed by atoms with van der Waals surface area (Å²) in [6.07, 6.45) is 4.62. The van der Waals surface area contributed by atoms with Crippen LogP contribution in [0.1, 0.15) is 41.7 Å². The minimum atomic E-state index is -0.386. The van der Waals surface area contributed by atoms with E-state index in [0.29, 0.717) is 17.3 Å². The molecular weight excluding hydrogens is 254 g/mol. The number of aromatic nitrogens is 2. The van der Waals surface area contributed by atoms with Crippen LogP contribution in [0.25, 0.3) is 0 Å². The molecule has 1 unspecified atom stereocenters. The van der Waals surface area contributed by atoms with E-state index in [0.717, 1.165) is 38.2 Å². The summed E-state index contributed by atoms with van der Waals surface area (Å²) in [5.41, 5.74) is 6.84. The number of carbonyl (C=O) groups excluding carboxylic acids is 1. The number of nitrogens with two attached hydrogens (primary N) is 1. The fraction of sp³-hybridized carbons (Fsp3) is 0.714. The number of rotatable bonds is 5. The van der Waals surface area contributed by atoms with E-state index in [1.165, 1.54) is 6.42 Å². The van der Waals surface area contributed by atoms with Crippen molar-refractivity contribution in [2.24, 2.45) is 12.8 Å². The maximum absolute atomic E-state index is 11.7. The molecule has 3 N–H and O–H groups in total. The Morgan fingerprint density at radius 2 is 2.25 bits per heavy atom. The SMILES string of the molecule is CNCCC1CCCCN1c1c(C(N)=O)c(C)nn1C. The van der Waals surface area contributed by atoms with Crippen molar-refractivity contribution in [3.05, 3.63) is 11.3 Å². The van der Waals surface area contributed by atoms with Crippen LogP contribution in [0, 0.1) is 6.92 Å². The Morgan fingerprint density at radius 1 is 1.50 bits per heavy atom. The summed E-state index contributed by atoms with van der Waals surface area (Å²) in [5.74, 6) is 0.499. The van der Waals surface area contributed by atoms with E-state index >= 15 is 0 Å². The highest BCUT2D eigenvalue weighted by molar-refractivity contribution is 5.99. The van der Waals surface area contributed by atoms with Gasteiger partial charge in [-0.05, 0) is 46.2 Å². The van der Waals surface area contributed by atoms with Crippen LogP contribution in [0.5, 0.6) is 0 Å². The van der Waals surface area contributed by atoms with Gasteiger partial charge in [-0.3, -0.25) is 9.48 Å². The zero-order valence-corrected chi connectivity index (χ0v) is 12.6. The van der Waals surface area contributed by atoms with Crippen molar-refractivity contribution >= 4 is 11.7 Å². The summed E-state index contributed by atoms with van der Waals surface area (Å²) in [5, 5.41) is 7.58. The van der Waals surface area contributed by atoms with Gasteiger partial charge in [0.25, 0.3) is 5.91 Å². The average molecular weight is 279 g/mol. The molecule has 0 saturated carbocycles. The molecule has 0 aliphatic carbocycles. The summed E-state index contributed by atoms with van der Waals surface area (Å²) in [4.78, 5) is 14.1. The number of anilines is 1. The molecular formula is C14H25N5O. The van der Waals surface area contributed by atoms with E-state index < -0.39 is 0 Å². The Morgan fingerprint density at radius 3 is 2.90 bits per heavy atom. The predicted octanol–water partition coefficient (Wildman–Crippen LogP) is 0.796. The lowest BCUT2D eigenvalue weighted by Crippen LogP contribution is -2.43. The Bertz CT molecular complexity index is 482. The average Bonchev–Trinajstić information content (AvgIpc) is 2.71. The zero-order chi connectivity index (χ0) is 14.7. The first-order valence-electron chi connectivity index (χ1n) is 7.31. The molecule has 1 saturated heterocycles. The number of hydrogen-bond acceptors (Lipinski definition) is 4. The van der Waals surface area contributed by atoms with Gasteiger partial charge in [0.05, 0.1) is 5.69 Å². The maximum atomic E-state index is 11.7. The van der Waals surface area contributed by atoms with Crippen LogP contribution in [-0.4, -0.2) is 41.9 Å². The largest absolute Gasteiger partial charge is 0.365 e. The van der Waals surface area contributed by atoms with Gasteiger partial charge in [-0.15, -0.1) is 0 Å². The molecule has 1 aromatic heterocycles. The Hall–Kier alpha value is -1.56. The van der Waals surface area contributed by atoms with Crippen molar-refractivity contribution in [2.75, 3.05) is 25.0 Å². The Kier molecular flexibility index (Phi) is 4.65. The molecule has 112 valence electrons. The minimum Gasteiger partial charge on any atom is -0.365 e. The topological polar surface area (TPSA) is 76.2 Å².